The average molecular weight is 1900 g/mol. The van der Waals surface area contributed by atoms with E-state index in [4.69, 9.17) is 23.8 Å². The Kier molecular flexibility index (Phi) is 44.6. The van der Waals surface area contributed by atoms with Crippen molar-refractivity contribution >= 4 is 148 Å². The van der Waals surface area contributed by atoms with Crippen molar-refractivity contribution in [1.29, 1.82) is 0 Å². The number of halogens is 2. The Balaban J connectivity index is 0.000000364. The molecule has 0 aliphatic carbocycles. The van der Waals surface area contributed by atoms with E-state index in [1.165, 1.54) is 52.2 Å². The standard InChI is InChI=1S/C19H18BrN3O3.C15H22N2O3SSi.C11H18N2O2SSi.C10H10N2O.C9H8BrNO2.C8H16O2Si.C6H5NO.C5H15NO2SSi/c1-12-8-15(20)16(10-18(12)26-2)22-19(25)23-7-5-14(24)9-17(23)13-4-3-6-21-11-13;1-22(2,3)10-9-21(19,20)17-8-6-14(18)11-15(17)13-5-4-7-16-12-13;1-17(2,3)8-7-16(14,15)13-10-11-5-4-6-12-9-11;13-9-3-5-12-10(6-9)8-2-1-4-11-7-8;1-6-3-7(10)8(11-5-12)4-9(6)13-2;1-8(6-7-9-2)10-11(3,4)5;8-5-6-2-1-3-7-4-6;1-10(2,3)5-4-9(6,7)8/h3-8,10-11,17H,9H2,1-2H3,(H,22,25);4-8,12,15H,9-11H2,1-3H3;4-6,9-10H,7-8H2,1-3H3;1-5,7,10,12H,6H2;3-4H,1-2H3;6-7H,1H2,2-5H3;1-5H;4-5H2,1-3H3,(H2,6,7,8)/b;;;;;7-6+;;. The molecule has 5 aromatic heterocycles. The van der Waals surface area contributed by atoms with E-state index < -0.39 is 74.7 Å². The normalized spacial score (nSPS) is 15.1. The van der Waals surface area contributed by atoms with Crippen molar-refractivity contribution in [3.05, 3.63) is 256 Å². The maximum atomic E-state index is 12.9. The highest BCUT2D eigenvalue weighted by atomic mass is 79.9. The second-order valence-corrected chi connectivity index (χ2v) is 60.1. The van der Waals surface area contributed by atoms with Crippen LogP contribution in [0.25, 0.3) is 0 Å². The minimum Gasteiger partial charge on any atom is -0.545 e. The van der Waals surface area contributed by atoms with Crippen LogP contribution in [0.15, 0.2) is 227 Å². The minimum atomic E-state index is -3.44. The molecule has 3 aliphatic rings. The molecule has 10 rings (SSSR count). The number of aldehydes is 1. The summed E-state index contributed by atoms with van der Waals surface area (Å²) in [5.74, 6) is 2.53. The van der Waals surface area contributed by atoms with E-state index in [0.717, 1.165) is 55.1 Å². The number of aliphatic imine (C=N–C) groups is 1. The van der Waals surface area contributed by atoms with Crippen molar-refractivity contribution < 1.29 is 72.7 Å². The van der Waals surface area contributed by atoms with E-state index in [2.05, 4.69) is 162 Å². The number of aryl methyl sites for hydroxylation is 2. The van der Waals surface area contributed by atoms with Gasteiger partial charge in [-0.25, -0.2) is 40.0 Å². The molecular weight excluding hydrogens is 1790 g/mol. The monoisotopic (exact) mass is 1900 g/mol. The number of hydrogen-bond acceptors (Lipinski definition) is 23. The topological polar surface area (TPSA) is 387 Å². The highest BCUT2D eigenvalue weighted by Gasteiger charge is 2.34. The molecule has 4 N–H and O–H groups in total. The molecule has 3 aliphatic heterocycles. The zero-order valence-corrected chi connectivity index (χ0v) is 80.7. The molecule has 0 saturated heterocycles. The van der Waals surface area contributed by atoms with Gasteiger partial charge in [-0.05, 0) is 178 Å². The van der Waals surface area contributed by atoms with E-state index in [-0.39, 0.29) is 59.5 Å². The Hall–Kier alpha value is -9.67. The highest BCUT2D eigenvalue weighted by Crippen LogP contribution is 2.36. The third-order valence-electron chi connectivity index (χ3n) is 16.4. The number of benzene rings is 2. The number of carbonyl (C=O) groups is 5. The molecule has 120 heavy (non-hydrogen) atoms. The number of rotatable bonds is 24. The zero-order chi connectivity index (χ0) is 90.1. The first kappa shape index (κ1) is 105. The van der Waals surface area contributed by atoms with Crippen LogP contribution in [0.3, 0.4) is 0 Å². The quantitative estimate of drug-likeness (QED) is 0.0126. The van der Waals surface area contributed by atoms with Crippen molar-refractivity contribution in [3.63, 3.8) is 0 Å². The molecule has 0 saturated carbocycles. The molecule has 2 amide bonds. The SMILES string of the molecule is C=C(/C=C/OC)O[Si](C)(C)C.COc1cc(N=C=O)c(Br)cc1C.COc1cc(NC(=O)N2C=CC(=O)CC2c2cccnc2)c(Br)cc1C.C[Si](C)(C)CCS(=O)(=O)N1C=CC(=O)CC1c1cccnc1.C[Si](C)(C)CCS(=O)(=O)N=Cc1cccnc1.C[Si](C)(C)CCS(N)(=O)=O.O=C1C=CNC(c2cccnc2)C1.O=Cc1cccnc1. The number of aromatic nitrogens is 5. The Labute approximate surface area is 728 Å². The Morgan fingerprint density at radius 1 is 0.625 bits per heavy atom. The third kappa shape index (κ3) is 43.5. The molecule has 2 aromatic carbocycles. The second kappa shape index (κ2) is 51.2. The van der Waals surface area contributed by atoms with Gasteiger partial charge >= 0.3 is 6.03 Å². The molecule has 28 nitrogen and oxygen atoms in total. The molecule has 7 aromatic rings. The molecule has 0 bridgehead atoms. The van der Waals surface area contributed by atoms with Gasteiger partial charge in [0.2, 0.25) is 34.4 Å². The number of carbonyl (C=O) groups excluding carboxylic acids is 6. The smallest absolute Gasteiger partial charge is 0.326 e. The molecule has 3 unspecified atom stereocenters. The molecule has 0 spiro atoms. The molecular formula is C83H112Br2N12O16S3Si4. The number of nitrogens with two attached hydrogens (primary N) is 1. The van der Waals surface area contributed by atoms with E-state index in [0.29, 0.717) is 52.2 Å². The summed E-state index contributed by atoms with van der Waals surface area (Å²) in [5.41, 5.74) is 6.98. The molecule has 37 heteroatoms. The van der Waals surface area contributed by atoms with Gasteiger partial charge in [-0.1, -0.05) is 89.8 Å². The van der Waals surface area contributed by atoms with E-state index >= 15 is 0 Å². The van der Waals surface area contributed by atoms with Gasteiger partial charge in [0.05, 0.1) is 80.1 Å². The van der Waals surface area contributed by atoms with Gasteiger partial charge in [0.25, 0.3) is 10.0 Å². The number of primary sulfonamides is 1. The summed E-state index contributed by atoms with van der Waals surface area (Å²) in [7, 11) is -10.7. The average Bonchev–Trinajstić information content (AvgIpc) is 0.791. The summed E-state index contributed by atoms with van der Waals surface area (Å²) in [6.07, 6.45) is 33.2. The predicted octanol–water partition coefficient (Wildman–Crippen LogP) is 16.9. The fraction of sp³-hybridized carbons (Fsp3) is 0.349. The lowest BCUT2D eigenvalue weighted by molar-refractivity contribution is -0.116. The maximum Gasteiger partial charge on any atom is 0.326 e. The number of ether oxygens (including phenoxy) is 3. The van der Waals surface area contributed by atoms with Crippen molar-refractivity contribution in [1.82, 2.24) is 39.4 Å². The highest BCUT2D eigenvalue weighted by molar-refractivity contribution is 9.11. The van der Waals surface area contributed by atoms with Gasteiger partial charge in [0, 0.05) is 169 Å². The lowest BCUT2D eigenvalue weighted by Crippen LogP contribution is -2.37. The van der Waals surface area contributed by atoms with Crippen molar-refractivity contribution in [2.75, 3.05) is 43.9 Å². The Morgan fingerprint density at radius 3 is 1.54 bits per heavy atom. The first-order chi connectivity index (χ1) is 56.1. The number of nitrogens with zero attached hydrogens (tertiary/aromatic N) is 9. The van der Waals surface area contributed by atoms with Crippen molar-refractivity contribution in [3.8, 4) is 11.5 Å². The largest absolute Gasteiger partial charge is 0.545 e. The Bertz CT molecular complexity index is 5040. The van der Waals surface area contributed by atoms with E-state index in [1.54, 1.807) is 150 Å². The number of anilines is 1. The molecule has 3 atom stereocenters. The molecule has 8 heterocycles. The number of pyridine rings is 5. The second-order valence-electron chi connectivity index (χ2n) is 31.6. The van der Waals surface area contributed by atoms with Crippen LogP contribution >= 0.6 is 31.9 Å². The summed E-state index contributed by atoms with van der Waals surface area (Å²) >= 11 is 6.74. The predicted molar refractivity (Wildman–Crippen MR) is 493 cm³/mol. The van der Waals surface area contributed by atoms with Gasteiger partial charge in [-0.3, -0.25) is 53.3 Å². The Morgan fingerprint density at radius 2 is 1.09 bits per heavy atom. The molecule has 0 fully saturated rings. The number of urea groups is 1. The fourth-order valence-electron chi connectivity index (χ4n) is 10.0. The van der Waals surface area contributed by atoms with E-state index in [1.807, 2.05) is 50.2 Å². The lowest BCUT2D eigenvalue weighted by Gasteiger charge is -2.32. The van der Waals surface area contributed by atoms with Crippen LogP contribution in [-0.2, 0) is 58.4 Å². The van der Waals surface area contributed by atoms with Crippen molar-refractivity contribution in [2.24, 2.45) is 14.5 Å². The number of methoxy groups -OCH3 is 3. The van der Waals surface area contributed by atoms with Gasteiger partial charge in [-0.15, -0.1) is 0 Å². The molecule has 0 radical (unpaired) electrons. The number of nitrogens with one attached hydrogen (secondary N) is 2. The minimum absolute atomic E-state index is 0.0268. The van der Waals surface area contributed by atoms with E-state index in [9.17, 15) is 54.0 Å². The van der Waals surface area contributed by atoms with Crippen LogP contribution in [0.1, 0.15) is 81.1 Å². The number of isocyanates is 1. The fourth-order valence-corrected chi connectivity index (χ4v) is 24.0. The number of sulfonamides is 3. The van der Waals surface area contributed by atoms with Crippen molar-refractivity contribution in [2.45, 2.75) is 148 Å². The zero-order valence-electron chi connectivity index (χ0n) is 71.0. The summed E-state index contributed by atoms with van der Waals surface area (Å²) in [6, 6.07) is 26.2. The molecule has 648 valence electrons. The first-order valence-corrected chi connectivity index (χ1v) is 58.7. The summed E-state index contributed by atoms with van der Waals surface area (Å²) in [6.45, 7) is 33.1. The summed E-state index contributed by atoms with van der Waals surface area (Å²) < 4.78 is 96.8. The number of amides is 2. The first-order valence-electron chi connectivity index (χ1n) is 37.7. The number of ketones is 3. The summed E-state index contributed by atoms with van der Waals surface area (Å²) in [4.78, 5) is 92.3. The maximum absolute atomic E-state index is 12.9. The lowest BCUT2D eigenvalue weighted by atomic mass is 9.99. The third-order valence-corrected chi connectivity index (χ3v) is 28.6. The van der Waals surface area contributed by atoms with Gasteiger partial charge in [0.1, 0.15) is 11.5 Å². The van der Waals surface area contributed by atoms with Crippen LogP contribution in [0.4, 0.5) is 16.2 Å². The van der Waals surface area contributed by atoms with Crippen LogP contribution in [0.5, 0.6) is 11.5 Å². The van der Waals surface area contributed by atoms with Crippen LogP contribution in [0, 0.1) is 13.8 Å². The number of hydrogen-bond donors (Lipinski definition) is 3. The summed E-state index contributed by atoms with van der Waals surface area (Å²) in [5, 5.41) is 10.8. The number of allylic oxidation sites excluding steroid dienone is 4. The van der Waals surface area contributed by atoms with Crippen LogP contribution in [-0.4, -0.2) is 172 Å². The van der Waals surface area contributed by atoms with Crippen LogP contribution in [0.2, 0.25) is 96.7 Å². The van der Waals surface area contributed by atoms with Gasteiger partial charge in [0.15, 0.2) is 23.6 Å². The van der Waals surface area contributed by atoms with Crippen LogP contribution < -0.4 is 25.2 Å². The van der Waals surface area contributed by atoms with Gasteiger partial charge in [-0.2, -0.15) is 9.39 Å². The van der Waals surface area contributed by atoms with Gasteiger partial charge < -0.3 is 29.3 Å².